The number of benzene rings is 2. The molecule has 4 aromatic rings. The number of anilines is 1. The fourth-order valence-corrected chi connectivity index (χ4v) is 3.24. The summed E-state index contributed by atoms with van der Waals surface area (Å²) >= 11 is 1.51. The van der Waals surface area contributed by atoms with Crippen molar-refractivity contribution < 1.29 is 18.4 Å². The maximum atomic E-state index is 13.2. The van der Waals surface area contributed by atoms with Crippen molar-refractivity contribution in [2.75, 3.05) is 5.32 Å². The molecule has 0 saturated heterocycles. The lowest BCUT2D eigenvalue weighted by molar-refractivity contribution is 0.101. The molecule has 0 spiro atoms. The minimum absolute atomic E-state index is 0.189. The Morgan fingerprint density at radius 2 is 2.00 bits per heavy atom. The topological polar surface area (TPSA) is 64.4 Å². The zero-order chi connectivity index (χ0) is 19.3. The van der Waals surface area contributed by atoms with E-state index in [2.05, 4.69) is 10.5 Å². The average Bonchev–Trinajstić information content (AvgIpc) is 3.38. The number of aromatic nitrogens is 1. The number of amides is 1. The van der Waals surface area contributed by atoms with E-state index in [9.17, 15) is 9.18 Å². The van der Waals surface area contributed by atoms with E-state index in [0.29, 0.717) is 17.2 Å². The van der Waals surface area contributed by atoms with Crippen LogP contribution in [0.2, 0.25) is 0 Å². The van der Waals surface area contributed by atoms with Crippen LogP contribution in [0.5, 0.6) is 5.75 Å². The number of thiophene rings is 1. The van der Waals surface area contributed by atoms with Crippen molar-refractivity contribution >= 4 is 22.9 Å². The van der Waals surface area contributed by atoms with Crippen LogP contribution < -0.4 is 10.1 Å². The van der Waals surface area contributed by atoms with Crippen molar-refractivity contribution in [1.29, 1.82) is 0 Å². The van der Waals surface area contributed by atoms with Gasteiger partial charge in [0, 0.05) is 17.8 Å². The lowest BCUT2D eigenvalue weighted by atomic mass is 10.2. The Balaban J connectivity index is 1.41. The van der Waals surface area contributed by atoms with E-state index in [-0.39, 0.29) is 24.0 Å². The van der Waals surface area contributed by atoms with Gasteiger partial charge < -0.3 is 14.6 Å². The van der Waals surface area contributed by atoms with Gasteiger partial charge in [-0.3, -0.25) is 4.79 Å². The number of nitrogens with one attached hydrogen (secondary N) is 1. The van der Waals surface area contributed by atoms with Gasteiger partial charge in [0.2, 0.25) is 0 Å². The maximum absolute atomic E-state index is 13.2. The Hall–Kier alpha value is -3.45. The van der Waals surface area contributed by atoms with Crippen LogP contribution in [0.3, 0.4) is 0 Å². The van der Waals surface area contributed by atoms with E-state index in [1.165, 1.54) is 23.5 Å². The van der Waals surface area contributed by atoms with Gasteiger partial charge in [-0.1, -0.05) is 29.4 Å². The van der Waals surface area contributed by atoms with Crippen molar-refractivity contribution in [1.82, 2.24) is 5.16 Å². The predicted molar refractivity (Wildman–Crippen MR) is 105 cm³/mol. The summed E-state index contributed by atoms with van der Waals surface area (Å²) in [6.45, 7) is 0.225. The fraction of sp³-hybridized carbons (Fsp3) is 0.0476. The van der Waals surface area contributed by atoms with Crippen molar-refractivity contribution in [2.45, 2.75) is 6.61 Å². The summed E-state index contributed by atoms with van der Waals surface area (Å²) in [5.41, 5.74) is 1.47. The Labute approximate surface area is 164 Å². The Morgan fingerprint density at radius 3 is 2.82 bits per heavy atom. The minimum atomic E-state index is -0.381. The highest BCUT2D eigenvalue weighted by atomic mass is 32.1. The molecule has 7 heteroatoms. The number of ether oxygens (including phenoxy) is 1. The Kier molecular flexibility index (Phi) is 5.16. The standard InChI is InChI=1S/C21H15FN2O3S/c22-15-5-1-4-14(10-15)13-26-17-7-2-6-16(11-17)23-21(25)18-12-19(27-24-18)20-8-3-9-28-20/h1-12H,13H2,(H,23,25). The molecule has 0 atom stereocenters. The van der Waals surface area contributed by atoms with Crippen molar-refractivity contribution in [3.8, 4) is 16.4 Å². The average molecular weight is 394 g/mol. The van der Waals surface area contributed by atoms with Gasteiger partial charge in [0.15, 0.2) is 11.5 Å². The Morgan fingerprint density at radius 1 is 1.11 bits per heavy atom. The molecule has 1 N–H and O–H groups in total. The molecule has 5 nitrogen and oxygen atoms in total. The molecule has 0 saturated carbocycles. The number of halogens is 1. The quantitative estimate of drug-likeness (QED) is 0.477. The van der Waals surface area contributed by atoms with Crippen molar-refractivity contribution in [2.24, 2.45) is 0 Å². The first-order chi connectivity index (χ1) is 13.7. The van der Waals surface area contributed by atoms with Gasteiger partial charge in [0.25, 0.3) is 5.91 Å². The predicted octanol–water partition coefficient (Wildman–Crippen LogP) is 5.37. The van der Waals surface area contributed by atoms with Crippen LogP contribution in [0.1, 0.15) is 16.1 Å². The molecular weight excluding hydrogens is 379 g/mol. The lowest BCUT2D eigenvalue weighted by Crippen LogP contribution is -2.12. The molecule has 0 aliphatic rings. The van der Waals surface area contributed by atoms with Crippen LogP contribution >= 0.6 is 11.3 Å². The molecule has 2 aromatic carbocycles. The molecule has 140 valence electrons. The van der Waals surface area contributed by atoms with Crippen LogP contribution in [0.25, 0.3) is 10.6 Å². The molecule has 2 aromatic heterocycles. The summed E-state index contributed by atoms with van der Waals surface area (Å²) in [6, 6.07) is 18.6. The van der Waals surface area contributed by atoms with Crippen LogP contribution in [0.15, 0.2) is 76.6 Å². The monoisotopic (exact) mass is 394 g/mol. The van der Waals surface area contributed by atoms with Gasteiger partial charge >= 0.3 is 0 Å². The second kappa shape index (κ2) is 8.06. The third-order valence-corrected chi connectivity index (χ3v) is 4.78. The molecule has 0 aliphatic heterocycles. The fourth-order valence-electron chi connectivity index (χ4n) is 2.57. The van der Waals surface area contributed by atoms with Crippen LogP contribution in [-0.2, 0) is 6.61 Å². The number of nitrogens with zero attached hydrogens (tertiary/aromatic N) is 1. The van der Waals surface area contributed by atoms with E-state index >= 15 is 0 Å². The van der Waals surface area contributed by atoms with Crippen LogP contribution in [-0.4, -0.2) is 11.1 Å². The molecule has 0 bridgehead atoms. The van der Waals surface area contributed by atoms with E-state index in [1.807, 2.05) is 17.5 Å². The van der Waals surface area contributed by atoms with E-state index in [4.69, 9.17) is 9.26 Å². The molecule has 28 heavy (non-hydrogen) atoms. The largest absolute Gasteiger partial charge is 0.489 e. The number of carbonyl (C=O) groups excluding carboxylic acids is 1. The highest BCUT2D eigenvalue weighted by molar-refractivity contribution is 7.13. The molecule has 1 amide bonds. The highest BCUT2D eigenvalue weighted by Crippen LogP contribution is 2.26. The van der Waals surface area contributed by atoms with Gasteiger partial charge in [0.1, 0.15) is 18.2 Å². The number of hydrogen-bond acceptors (Lipinski definition) is 5. The first-order valence-corrected chi connectivity index (χ1v) is 9.34. The minimum Gasteiger partial charge on any atom is -0.489 e. The summed E-state index contributed by atoms with van der Waals surface area (Å²) in [7, 11) is 0. The van der Waals surface area contributed by atoms with Gasteiger partial charge in [-0.25, -0.2) is 4.39 Å². The van der Waals surface area contributed by atoms with Crippen molar-refractivity contribution in [3.63, 3.8) is 0 Å². The molecular formula is C21H15FN2O3S. The smallest absolute Gasteiger partial charge is 0.277 e. The molecule has 0 fully saturated rings. The molecule has 0 unspecified atom stereocenters. The molecule has 2 heterocycles. The third-order valence-electron chi connectivity index (χ3n) is 3.89. The van der Waals surface area contributed by atoms with Crippen LogP contribution in [0, 0.1) is 5.82 Å². The highest BCUT2D eigenvalue weighted by Gasteiger charge is 2.14. The van der Waals surface area contributed by atoms with Crippen LogP contribution in [0.4, 0.5) is 10.1 Å². The molecule has 4 rings (SSSR count). The second-order valence-electron chi connectivity index (χ2n) is 5.95. The number of carbonyl (C=O) groups is 1. The summed E-state index contributed by atoms with van der Waals surface area (Å²) < 4.78 is 24.1. The SMILES string of the molecule is O=C(Nc1cccc(OCc2cccc(F)c2)c1)c1cc(-c2cccs2)on1. The zero-order valence-electron chi connectivity index (χ0n) is 14.6. The summed E-state index contributed by atoms with van der Waals surface area (Å²) in [6.07, 6.45) is 0. The zero-order valence-corrected chi connectivity index (χ0v) is 15.4. The Bertz CT molecular complexity index is 1090. The van der Waals surface area contributed by atoms with Gasteiger partial charge in [0.05, 0.1) is 4.88 Å². The van der Waals surface area contributed by atoms with E-state index < -0.39 is 0 Å². The first kappa shape index (κ1) is 17.9. The van der Waals surface area contributed by atoms with E-state index in [1.54, 1.807) is 42.5 Å². The van der Waals surface area contributed by atoms with E-state index in [0.717, 1.165) is 10.4 Å². The molecule has 0 radical (unpaired) electrons. The lowest BCUT2D eigenvalue weighted by Gasteiger charge is -2.09. The molecule has 0 aliphatic carbocycles. The van der Waals surface area contributed by atoms with Gasteiger partial charge in [-0.15, -0.1) is 11.3 Å². The number of hydrogen-bond donors (Lipinski definition) is 1. The summed E-state index contributed by atoms with van der Waals surface area (Å²) in [5.74, 6) is 0.416. The van der Waals surface area contributed by atoms with Crippen molar-refractivity contribution in [3.05, 3.63) is 89.2 Å². The third kappa shape index (κ3) is 4.27. The summed E-state index contributed by atoms with van der Waals surface area (Å²) in [5, 5.41) is 8.52. The van der Waals surface area contributed by atoms with Gasteiger partial charge in [-0.2, -0.15) is 0 Å². The number of rotatable bonds is 6. The second-order valence-corrected chi connectivity index (χ2v) is 6.90. The van der Waals surface area contributed by atoms with Gasteiger partial charge in [-0.05, 0) is 41.3 Å². The normalized spacial score (nSPS) is 10.6. The summed E-state index contributed by atoms with van der Waals surface area (Å²) in [4.78, 5) is 13.3. The first-order valence-electron chi connectivity index (χ1n) is 8.47. The maximum Gasteiger partial charge on any atom is 0.277 e.